The Balaban J connectivity index is 1.39. The van der Waals surface area contributed by atoms with Gasteiger partial charge in [-0.1, -0.05) is 12.1 Å². The standard InChI is InChI=1S/C21H21N3O3/c22-13-16-3-1-4-17(11-16)14-23-7-2-8-24(10-9-23)21(25)18-5-6-19-20(12-18)27-15-26-19/h1,3-6,11-12H,2,7-10,14-15H2. The molecule has 0 aromatic heterocycles. The molecule has 2 aliphatic heterocycles. The van der Waals surface area contributed by atoms with Crippen molar-refractivity contribution in [2.75, 3.05) is 33.0 Å². The van der Waals surface area contributed by atoms with Crippen LogP contribution >= 0.6 is 0 Å². The van der Waals surface area contributed by atoms with Gasteiger partial charge in [-0.25, -0.2) is 0 Å². The number of carbonyl (C=O) groups excluding carboxylic acids is 1. The van der Waals surface area contributed by atoms with E-state index < -0.39 is 0 Å². The number of benzene rings is 2. The van der Waals surface area contributed by atoms with Crippen LogP contribution in [0.25, 0.3) is 0 Å². The second-order valence-corrected chi connectivity index (χ2v) is 6.80. The van der Waals surface area contributed by atoms with Crippen molar-refractivity contribution in [3.8, 4) is 17.6 Å². The number of amides is 1. The molecule has 0 spiro atoms. The predicted octanol–water partition coefficient (Wildman–Crippen LogP) is 2.64. The topological polar surface area (TPSA) is 65.8 Å². The summed E-state index contributed by atoms with van der Waals surface area (Å²) in [5.74, 6) is 1.35. The molecule has 0 bridgehead atoms. The maximum Gasteiger partial charge on any atom is 0.254 e. The van der Waals surface area contributed by atoms with E-state index in [-0.39, 0.29) is 12.7 Å². The Morgan fingerprint density at radius 1 is 1.04 bits per heavy atom. The van der Waals surface area contributed by atoms with E-state index in [9.17, 15) is 4.79 Å². The van der Waals surface area contributed by atoms with Crippen molar-refractivity contribution in [2.45, 2.75) is 13.0 Å². The fourth-order valence-electron chi connectivity index (χ4n) is 3.54. The van der Waals surface area contributed by atoms with Crippen LogP contribution in [-0.2, 0) is 6.54 Å². The molecular weight excluding hydrogens is 342 g/mol. The van der Waals surface area contributed by atoms with Crippen molar-refractivity contribution in [2.24, 2.45) is 0 Å². The minimum atomic E-state index is 0.0293. The van der Waals surface area contributed by atoms with Crippen LogP contribution in [0.4, 0.5) is 0 Å². The normalized spacial score (nSPS) is 16.6. The van der Waals surface area contributed by atoms with Crippen molar-refractivity contribution in [1.82, 2.24) is 9.80 Å². The van der Waals surface area contributed by atoms with Gasteiger partial charge in [-0.05, 0) is 42.3 Å². The lowest BCUT2D eigenvalue weighted by Gasteiger charge is -2.22. The summed E-state index contributed by atoms with van der Waals surface area (Å²) in [5, 5.41) is 9.05. The quantitative estimate of drug-likeness (QED) is 0.839. The summed E-state index contributed by atoms with van der Waals surface area (Å²) in [7, 11) is 0. The lowest BCUT2D eigenvalue weighted by molar-refractivity contribution is 0.0760. The van der Waals surface area contributed by atoms with Crippen molar-refractivity contribution in [3.05, 3.63) is 59.2 Å². The average Bonchev–Trinajstić information content (AvgIpc) is 3.05. The van der Waals surface area contributed by atoms with Crippen LogP contribution in [0, 0.1) is 11.3 Å². The van der Waals surface area contributed by atoms with Crippen LogP contribution in [-0.4, -0.2) is 48.7 Å². The molecular formula is C21H21N3O3. The van der Waals surface area contributed by atoms with Gasteiger partial charge in [-0.3, -0.25) is 9.69 Å². The van der Waals surface area contributed by atoms with E-state index >= 15 is 0 Å². The second kappa shape index (κ2) is 7.68. The van der Waals surface area contributed by atoms with Gasteiger partial charge in [-0.15, -0.1) is 0 Å². The van der Waals surface area contributed by atoms with Crippen molar-refractivity contribution in [3.63, 3.8) is 0 Å². The minimum absolute atomic E-state index is 0.0293. The number of hydrogen-bond donors (Lipinski definition) is 0. The Morgan fingerprint density at radius 2 is 1.93 bits per heavy atom. The van der Waals surface area contributed by atoms with E-state index in [2.05, 4.69) is 11.0 Å². The van der Waals surface area contributed by atoms with Crippen LogP contribution in [0.15, 0.2) is 42.5 Å². The smallest absolute Gasteiger partial charge is 0.254 e. The zero-order valence-electron chi connectivity index (χ0n) is 15.1. The van der Waals surface area contributed by atoms with Gasteiger partial charge < -0.3 is 14.4 Å². The molecule has 1 fully saturated rings. The molecule has 0 saturated carbocycles. The molecule has 2 aliphatic rings. The van der Waals surface area contributed by atoms with Crippen LogP contribution in [0.2, 0.25) is 0 Å². The van der Waals surface area contributed by atoms with E-state index in [1.54, 1.807) is 18.2 Å². The zero-order chi connectivity index (χ0) is 18.6. The Morgan fingerprint density at radius 3 is 2.81 bits per heavy atom. The number of ether oxygens (including phenoxy) is 2. The number of carbonyl (C=O) groups is 1. The SMILES string of the molecule is N#Cc1cccc(CN2CCCN(C(=O)c3ccc4c(c3)OCO4)CC2)c1. The summed E-state index contributed by atoms with van der Waals surface area (Å²) in [6, 6.07) is 15.2. The van der Waals surface area contributed by atoms with Crippen molar-refractivity contribution >= 4 is 5.91 Å². The van der Waals surface area contributed by atoms with Gasteiger partial charge in [0.2, 0.25) is 6.79 Å². The van der Waals surface area contributed by atoms with Gasteiger partial charge in [0.1, 0.15) is 0 Å². The van der Waals surface area contributed by atoms with Crippen molar-refractivity contribution in [1.29, 1.82) is 5.26 Å². The molecule has 1 saturated heterocycles. The molecule has 6 heteroatoms. The number of nitriles is 1. The summed E-state index contributed by atoms with van der Waals surface area (Å²) >= 11 is 0. The first-order valence-corrected chi connectivity index (χ1v) is 9.13. The Bertz CT molecular complexity index is 890. The molecule has 27 heavy (non-hydrogen) atoms. The average molecular weight is 363 g/mol. The number of hydrogen-bond acceptors (Lipinski definition) is 5. The van der Waals surface area contributed by atoms with Crippen LogP contribution in [0.5, 0.6) is 11.5 Å². The Labute approximate surface area is 158 Å². The van der Waals surface area contributed by atoms with E-state index in [0.29, 0.717) is 29.2 Å². The second-order valence-electron chi connectivity index (χ2n) is 6.80. The molecule has 4 rings (SSSR count). The molecule has 0 unspecified atom stereocenters. The summed E-state index contributed by atoms with van der Waals surface area (Å²) < 4.78 is 10.7. The third kappa shape index (κ3) is 3.88. The third-order valence-electron chi connectivity index (χ3n) is 4.96. The first-order valence-electron chi connectivity index (χ1n) is 9.13. The number of fused-ring (bicyclic) bond motifs is 1. The van der Waals surface area contributed by atoms with Gasteiger partial charge >= 0.3 is 0 Å². The van der Waals surface area contributed by atoms with E-state index in [1.165, 1.54) is 0 Å². The zero-order valence-corrected chi connectivity index (χ0v) is 15.1. The first-order chi connectivity index (χ1) is 13.2. The first kappa shape index (κ1) is 17.4. The van der Waals surface area contributed by atoms with Crippen LogP contribution in [0.1, 0.15) is 27.9 Å². The summed E-state index contributed by atoms with van der Waals surface area (Å²) in [6.07, 6.45) is 0.925. The molecule has 138 valence electrons. The molecule has 1 amide bonds. The Kier molecular flexibility index (Phi) is 4.95. The number of rotatable bonds is 3. The highest BCUT2D eigenvalue weighted by atomic mass is 16.7. The highest BCUT2D eigenvalue weighted by Crippen LogP contribution is 2.32. The van der Waals surface area contributed by atoms with Gasteiger partial charge in [0.15, 0.2) is 11.5 Å². The minimum Gasteiger partial charge on any atom is -0.454 e. The summed E-state index contributed by atoms with van der Waals surface area (Å²) in [4.78, 5) is 17.1. The maximum atomic E-state index is 12.9. The van der Waals surface area contributed by atoms with E-state index in [1.807, 2.05) is 29.2 Å². The lowest BCUT2D eigenvalue weighted by atomic mass is 10.1. The summed E-state index contributed by atoms with van der Waals surface area (Å²) in [6.45, 7) is 4.17. The van der Waals surface area contributed by atoms with Gasteiger partial charge in [-0.2, -0.15) is 5.26 Å². The molecule has 0 radical (unpaired) electrons. The number of nitrogens with zero attached hydrogens (tertiary/aromatic N) is 3. The van der Waals surface area contributed by atoms with Gasteiger partial charge in [0.25, 0.3) is 5.91 Å². The molecule has 2 aromatic carbocycles. The molecule has 2 aromatic rings. The fraction of sp³-hybridized carbons (Fsp3) is 0.333. The van der Waals surface area contributed by atoms with Gasteiger partial charge in [0, 0.05) is 38.3 Å². The van der Waals surface area contributed by atoms with Crippen molar-refractivity contribution < 1.29 is 14.3 Å². The molecule has 0 N–H and O–H groups in total. The fourth-order valence-corrected chi connectivity index (χ4v) is 3.54. The highest BCUT2D eigenvalue weighted by Gasteiger charge is 2.22. The third-order valence-corrected chi connectivity index (χ3v) is 4.96. The van der Waals surface area contributed by atoms with E-state index in [0.717, 1.165) is 38.2 Å². The maximum absolute atomic E-state index is 12.9. The van der Waals surface area contributed by atoms with Crippen LogP contribution < -0.4 is 9.47 Å². The molecule has 2 heterocycles. The largest absolute Gasteiger partial charge is 0.454 e. The van der Waals surface area contributed by atoms with E-state index in [4.69, 9.17) is 14.7 Å². The van der Waals surface area contributed by atoms with Gasteiger partial charge in [0.05, 0.1) is 11.6 Å². The molecule has 0 atom stereocenters. The molecule has 6 nitrogen and oxygen atoms in total. The molecule has 0 aliphatic carbocycles. The Hall–Kier alpha value is -3.04. The summed E-state index contributed by atoms with van der Waals surface area (Å²) in [5.41, 5.74) is 2.45. The lowest BCUT2D eigenvalue weighted by Crippen LogP contribution is -2.35. The highest BCUT2D eigenvalue weighted by molar-refractivity contribution is 5.95. The van der Waals surface area contributed by atoms with Crippen LogP contribution in [0.3, 0.4) is 0 Å². The predicted molar refractivity (Wildman–Crippen MR) is 99.5 cm³/mol. The monoisotopic (exact) mass is 363 g/mol.